The summed E-state index contributed by atoms with van der Waals surface area (Å²) in [4.78, 5) is 25.3. The molecule has 0 atom stereocenters. The maximum atomic E-state index is 12.3. The second kappa shape index (κ2) is 7.04. The molecule has 0 fully saturated rings. The molecule has 2 rings (SSSR count). The molecule has 1 aromatic heterocycles. The third-order valence-electron chi connectivity index (χ3n) is 2.87. The zero-order valence-corrected chi connectivity index (χ0v) is 14.5. The Bertz CT molecular complexity index is 666. The minimum absolute atomic E-state index is 0.164. The van der Waals surface area contributed by atoms with Gasteiger partial charge in [-0.05, 0) is 29.8 Å². The Labute approximate surface area is 139 Å². The fourth-order valence-corrected chi connectivity index (χ4v) is 2.56. The molecule has 6 heteroatoms. The van der Waals surface area contributed by atoms with Crippen molar-refractivity contribution in [2.75, 3.05) is 12.4 Å². The fourth-order valence-electron chi connectivity index (χ4n) is 1.84. The summed E-state index contributed by atoms with van der Waals surface area (Å²) >= 11 is 6.47. The number of benzene rings is 1. The summed E-state index contributed by atoms with van der Waals surface area (Å²) in [6, 6.07) is 10.8. The average Bonchev–Trinajstić information content (AvgIpc) is 2.95. The van der Waals surface area contributed by atoms with Crippen LogP contribution in [0, 0.1) is 0 Å². The molecule has 110 valence electrons. The quantitative estimate of drug-likeness (QED) is 0.550. The van der Waals surface area contributed by atoms with Crippen molar-refractivity contribution in [2.45, 2.75) is 6.54 Å². The molecule has 0 aliphatic heterocycles. The molecule has 0 aliphatic rings. The molecule has 2 aromatic rings. The number of carbonyl (C=O) groups is 2. The fraction of sp³-hybridized carbons (Fsp3) is 0.200. The van der Waals surface area contributed by atoms with Crippen molar-refractivity contribution in [3.63, 3.8) is 0 Å². The summed E-state index contributed by atoms with van der Waals surface area (Å²) < 4.78 is 6.26. The first-order valence-corrected chi connectivity index (χ1v) is 8.11. The Balaban J connectivity index is 2.08. The molecule has 0 spiro atoms. The molecular weight excluding hydrogens is 402 g/mol. The predicted octanol–water partition coefficient (Wildman–Crippen LogP) is 3.89. The molecule has 1 heterocycles. The van der Waals surface area contributed by atoms with Crippen LogP contribution in [0.25, 0.3) is 0 Å². The zero-order chi connectivity index (χ0) is 15.4. The maximum absolute atomic E-state index is 12.3. The van der Waals surface area contributed by atoms with Gasteiger partial charge in [-0.2, -0.15) is 0 Å². The molecular formula is C15H13Br2NO3. The lowest BCUT2D eigenvalue weighted by Gasteiger charge is -2.15. The summed E-state index contributed by atoms with van der Waals surface area (Å²) in [5.41, 5.74) is 1.00. The second-order valence-corrected chi connectivity index (χ2v) is 5.99. The van der Waals surface area contributed by atoms with Crippen molar-refractivity contribution < 1.29 is 14.0 Å². The lowest BCUT2D eigenvalue weighted by molar-refractivity contribution is 0.0750. The summed E-state index contributed by atoms with van der Waals surface area (Å²) in [5, 5.41) is 0.169. The van der Waals surface area contributed by atoms with E-state index >= 15 is 0 Å². The van der Waals surface area contributed by atoms with Crippen LogP contribution in [0.4, 0.5) is 0 Å². The van der Waals surface area contributed by atoms with E-state index in [9.17, 15) is 9.59 Å². The number of carbonyl (C=O) groups excluding carboxylic acids is 2. The largest absolute Gasteiger partial charge is 0.448 e. The molecule has 0 saturated carbocycles. The van der Waals surface area contributed by atoms with Gasteiger partial charge in [-0.3, -0.25) is 9.59 Å². The highest BCUT2D eigenvalue weighted by Gasteiger charge is 2.18. The number of nitrogens with zero attached hydrogens (tertiary/aromatic N) is 1. The van der Waals surface area contributed by atoms with Crippen molar-refractivity contribution in [3.05, 3.63) is 58.0 Å². The minimum atomic E-state index is -0.261. The molecule has 21 heavy (non-hydrogen) atoms. The number of hydrogen-bond donors (Lipinski definition) is 0. The SMILES string of the molecule is CN(Cc1cccc(Br)c1)C(=O)c1ccc(C(=O)CBr)o1. The van der Waals surface area contributed by atoms with Crippen LogP contribution < -0.4 is 0 Å². The van der Waals surface area contributed by atoms with Gasteiger partial charge in [0.05, 0.1) is 5.33 Å². The van der Waals surface area contributed by atoms with Crippen molar-refractivity contribution in [1.29, 1.82) is 0 Å². The molecule has 0 saturated heterocycles. The first-order valence-electron chi connectivity index (χ1n) is 6.20. The standard InChI is InChI=1S/C15H13Br2NO3/c1-18(9-10-3-2-4-11(17)7-10)15(20)14-6-5-13(21-14)12(19)8-16/h2-7H,8-9H2,1H3. The van der Waals surface area contributed by atoms with Gasteiger partial charge in [-0.15, -0.1) is 0 Å². The lowest BCUT2D eigenvalue weighted by atomic mass is 10.2. The van der Waals surface area contributed by atoms with Crippen molar-refractivity contribution in [1.82, 2.24) is 4.90 Å². The summed E-state index contributed by atoms with van der Waals surface area (Å²) in [7, 11) is 1.69. The Hall–Kier alpha value is -1.40. The lowest BCUT2D eigenvalue weighted by Crippen LogP contribution is -2.25. The van der Waals surface area contributed by atoms with Crippen LogP contribution in [0.15, 0.2) is 45.3 Å². The summed E-state index contributed by atoms with van der Waals surface area (Å²) in [6.45, 7) is 0.459. The van der Waals surface area contributed by atoms with Crippen molar-refractivity contribution in [2.24, 2.45) is 0 Å². The Morgan fingerprint density at radius 3 is 2.57 bits per heavy atom. The molecule has 4 nitrogen and oxygen atoms in total. The third kappa shape index (κ3) is 4.04. The van der Waals surface area contributed by atoms with E-state index in [1.165, 1.54) is 12.1 Å². The number of alkyl halides is 1. The Morgan fingerprint density at radius 1 is 1.19 bits per heavy atom. The molecule has 1 amide bonds. The van der Waals surface area contributed by atoms with E-state index in [2.05, 4.69) is 31.9 Å². The van der Waals surface area contributed by atoms with Crippen LogP contribution in [0.2, 0.25) is 0 Å². The van der Waals surface area contributed by atoms with Gasteiger partial charge in [0, 0.05) is 18.1 Å². The van der Waals surface area contributed by atoms with Crippen LogP contribution >= 0.6 is 31.9 Å². The average molecular weight is 415 g/mol. The van der Waals surface area contributed by atoms with Gasteiger partial charge < -0.3 is 9.32 Å². The van der Waals surface area contributed by atoms with Crippen LogP contribution in [0.3, 0.4) is 0 Å². The van der Waals surface area contributed by atoms with Gasteiger partial charge >= 0.3 is 0 Å². The van der Waals surface area contributed by atoms with Gasteiger partial charge in [0.2, 0.25) is 5.78 Å². The van der Waals surface area contributed by atoms with Crippen LogP contribution in [0.5, 0.6) is 0 Å². The highest BCUT2D eigenvalue weighted by atomic mass is 79.9. The van der Waals surface area contributed by atoms with Gasteiger partial charge in [0.15, 0.2) is 11.5 Å². The molecule has 0 radical (unpaired) electrons. The first-order chi connectivity index (χ1) is 10.0. The maximum Gasteiger partial charge on any atom is 0.289 e. The minimum Gasteiger partial charge on any atom is -0.448 e. The van der Waals surface area contributed by atoms with Gasteiger partial charge in [-0.1, -0.05) is 44.0 Å². The van der Waals surface area contributed by atoms with E-state index in [0.717, 1.165) is 10.0 Å². The van der Waals surface area contributed by atoms with E-state index < -0.39 is 0 Å². The van der Waals surface area contributed by atoms with Crippen molar-refractivity contribution >= 4 is 43.6 Å². The highest BCUT2D eigenvalue weighted by Crippen LogP contribution is 2.16. The van der Waals surface area contributed by atoms with Gasteiger partial charge in [0.25, 0.3) is 5.91 Å². The normalized spacial score (nSPS) is 10.4. The smallest absolute Gasteiger partial charge is 0.289 e. The van der Waals surface area contributed by atoms with Crippen LogP contribution in [-0.4, -0.2) is 29.0 Å². The van der Waals surface area contributed by atoms with Crippen LogP contribution in [0.1, 0.15) is 26.7 Å². The summed E-state index contributed by atoms with van der Waals surface area (Å²) in [5.74, 6) is -0.102. The number of Topliss-reactive ketones (excluding diaryl/α,β-unsaturated/α-hetero) is 1. The highest BCUT2D eigenvalue weighted by molar-refractivity contribution is 9.10. The third-order valence-corrected chi connectivity index (χ3v) is 3.87. The number of hydrogen-bond acceptors (Lipinski definition) is 3. The van der Waals surface area contributed by atoms with E-state index in [4.69, 9.17) is 4.42 Å². The van der Waals surface area contributed by atoms with Gasteiger partial charge in [-0.25, -0.2) is 0 Å². The predicted molar refractivity (Wildman–Crippen MR) is 86.8 cm³/mol. The Morgan fingerprint density at radius 2 is 1.90 bits per heavy atom. The number of amides is 1. The molecule has 0 aliphatic carbocycles. The van der Waals surface area contributed by atoms with E-state index in [-0.39, 0.29) is 28.5 Å². The topological polar surface area (TPSA) is 50.5 Å². The van der Waals surface area contributed by atoms with Crippen molar-refractivity contribution in [3.8, 4) is 0 Å². The number of furan rings is 1. The molecule has 0 unspecified atom stereocenters. The van der Waals surface area contributed by atoms with E-state index in [1.54, 1.807) is 11.9 Å². The van der Waals surface area contributed by atoms with Crippen LogP contribution in [-0.2, 0) is 6.54 Å². The Kier molecular flexibility index (Phi) is 5.36. The number of rotatable bonds is 5. The summed E-state index contributed by atoms with van der Waals surface area (Å²) in [6.07, 6.45) is 0. The molecule has 1 aromatic carbocycles. The number of ketones is 1. The first kappa shape index (κ1) is 16.0. The number of halogens is 2. The van der Waals surface area contributed by atoms with E-state index in [0.29, 0.717) is 6.54 Å². The van der Waals surface area contributed by atoms with E-state index in [1.807, 2.05) is 24.3 Å². The second-order valence-electron chi connectivity index (χ2n) is 4.51. The zero-order valence-electron chi connectivity index (χ0n) is 11.3. The monoisotopic (exact) mass is 413 g/mol. The van der Waals surface area contributed by atoms with Gasteiger partial charge in [0.1, 0.15) is 0 Å². The molecule has 0 N–H and O–H groups in total. The molecule has 0 bridgehead atoms.